The molecule has 2 saturated heterocycles. The number of imidazole rings is 2. The molecule has 2 aliphatic carbocycles. The van der Waals surface area contributed by atoms with Crippen LogP contribution in [-0.2, 0) is 15.0 Å². The van der Waals surface area contributed by atoms with Gasteiger partial charge in [-0.25, -0.2) is 23.5 Å². The van der Waals surface area contributed by atoms with Gasteiger partial charge in [0, 0.05) is 57.2 Å². The maximum absolute atomic E-state index is 14.2. The highest BCUT2D eigenvalue weighted by Crippen LogP contribution is 2.52. The van der Waals surface area contributed by atoms with Gasteiger partial charge in [-0.3, -0.25) is 14.5 Å². The highest BCUT2D eigenvalue weighted by molar-refractivity contribution is 5.86. The first-order chi connectivity index (χ1) is 25.3. The Balaban J connectivity index is 1.22. The third-order valence-corrected chi connectivity index (χ3v) is 12.1. The van der Waals surface area contributed by atoms with Crippen LogP contribution in [0.3, 0.4) is 0 Å². The summed E-state index contributed by atoms with van der Waals surface area (Å²) >= 11 is 0. The minimum atomic E-state index is -2.70. The van der Waals surface area contributed by atoms with Crippen LogP contribution in [0, 0.1) is 5.92 Å². The lowest BCUT2D eigenvalue weighted by atomic mass is 9.75. The van der Waals surface area contributed by atoms with E-state index in [0.717, 1.165) is 16.9 Å². The Bertz CT molecular complexity index is 1880. The van der Waals surface area contributed by atoms with E-state index >= 15 is 0 Å². The van der Waals surface area contributed by atoms with Gasteiger partial charge >= 0.3 is 6.09 Å². The van der Waals surface area contributed by atoms with E-state index in [2.05, 4.69) is 46.4 Å². The van der Waals surface area contributed by atoms with E-state index in [9.17, 15) is 28.3 Å². The number of hydrogen-bond donors (Lipinski definition) is 3. The molecule has 3 N–H and O–H groups in total. The molecule has 1 aromatic carbocycles. The Morgan fingerprint density at radius 2 is 1.51 bits per heavy atom. The number of allylic oxidation sites excluding steroid dienone is 4. The maximum atomic E-state index is 14.2. The molecule has 282 valence electrons. The maximum Gasteiger partial charge on any atom is 0.407 e. The van der Waals surface area contributed by atoms with Gasteiger partial charge in [-0.2, -0.15) is 0 Å². The fourth-order valence-corrected chi connectivity index (χ4v) is 9.31. The molecule has 13 heteroatoms. The molecule has 1 spiro atoms. The summed E-state index contributed by atoms with van der Waals surface area (Å²) in [7, 11) is 1.43. The molecule has 53 heavy (non-hydrogen) atoms. The summed E-state index contributed by atoms with van der Waals surface area (Å²) in [6, 6.07) is 8.60. The second-order valence-corrected chi connectivity index (χ2v) is 15.7. The monoisotopic (exact) mass is 729 g/mol. The van der Waals surface area contributed by atoms with Crippen molar-refractivity contribution in [2.75, 3.05) is 13.6 Å². The molecule has 0 radical (unpaired) electrons. The molecule has 3 aromatic rings. The molecule has 2 aromatic heterocycles. The van der Waals surface area contributed by atoms with Crippen molar-refractivity contribution in [3.05, 3.63) is 95.6 Å². The average molecular weight is 730 g/mol. The van der Waals surface area contributed by atoms with Crippen molar-refractivity contribution in [3.8, 4) is 0 Å². The number of amides is 3. The SMILES string of the molecule is CC(=O)N1C(c2nc(C3(c4c[nH]c([C@@H]5CCCN5C(=O)[C@H](C(C)C)N(C)C(=O)O)n4)C=CC(c4ccccc4)C=C3)c[nH]2)CCC12CCC(F)(F)CC2. The van der Waals surface area contributed by atoms with Crippen molar-refractivity contribution < 1.29 is 28.3 Å². The Kier molecular flexibility index (Phi) is 9.57. The van der Waals surface area contributed by atoms with Crippen LogP contribution in [-0.4, -0.2) is 88.7 Å². The van der Waals surface area contributed by atoms with Gasteiger partial charge in [0.05, 0.1) is 28.9 Å². The van der Waals surface area contributed by atoms with Crippen molar-refractivity contribution in [1.29, 1.82) is 0 Å². The molecule has 3 fully saturated rings. The van der Waals surface area contributed by atoms with Crippen LogP contribution in [0.4, 0.5) is 13.6 Å². The first-order valence-corrected chi connectivity index (χ1v) is 18.7. The predicted octanol–water partition coefficient (Wildman–Crippen LogP) is 7.26. The highest BCUT2D eigenvalue weighted by Gasteiger charge is 2.54. The third-order valence-electron chi connectivity index (χ3n) is 12.1. The number of alkyl halides is 2. The number of carbonyl (C=O) groups excluding carboxylic acids is 2. The number of hydrogen-bond acceptors (Lipinski definition) is 5. The lowest BCUT2D eigenvalue weighted by Crippen LogP contribution is -2.51. The first-order valence-electron chi connectivity index (χ1n) is 18.7. The largest absolute Gasteiger partial charge is 0.465 e. The summed E-state index contributed by atoms with van der Waals surface area (Å²) in [5.41, 5.74) is 0.971. The molecule has 3 amide bonds. The number of H-pyrrole nitrogens is 2. The summed E-state index contributed by atoms with van der Waals surface area (Å²) in [6.45, 7) is 5.70. The lowest BCUT2D eigenvalue weighted by Gasteiger charge is -2.44. The van der Waals surface area contributed by atoms with Crippen LogP contribution >= 0.6 is 0 Å². The summed E-state index contributed by atoms with van der Waals surface area (Å²) in [4.78, 5) is 60.6. The number of likely N-dealkylation sites (N-methyl/N-ethyl adjacent to an activating group) is 1. The van der Waals surface area contributed by atoms with Crippen LogP contribution < -0.4 is 0 Å². The predicted molar refractivity (Wildman–Crippen MR) is 194 cm³/mol. The Morgan fingerprint density at radius 1 is 0.906 bits per heavy atom. The number of aromatic nitrogens is 4. The standard InChI is InChI=1S/C40H49F2N7O4/c1-25(2)33(47(4)37(52)53)36(51)48-22-8-11-29(48)34-43-23-31(45-34)39(16-12-28(13-17-39)27-9-6-5-7-10-27)32-24-44-35(46-32)30-14-15-38(49(30)26(3)50)18-20-40(41,42)21-19-38/h5-7,9-10,12-13,16-17,23-25,28-30,33H,8,11,14-15,18-22H2,1-4H3,(H,43,45)(H,44,46)(H,52,53)/t28?,29-,30?,33-,39?/m0/s1. The van der Waals surface area contributed by atoms with E-state index in [1.165, 1.54) is 14.0 Å². The van der Waals surface area contributed by atoms with Gasteiger partial charge in [0.25, 0.3) is 0 Å². The topological polar surface area (TPSA) is 139 Å². The molecule has 0 bridgehead atoms. The van der Waals surface area contributed by atoms with Crippen LogP contribution in [0.2, 0.25) is 0 Å². The molecule has 3 atom stereocenters. The summed E-state index contributed by atoms with van der Waals surface area (Å²) in [6.07, 6.45) is 13.8. The summed E-state index contributed by atoms with van der Waals surface area (Å²) in [5.74, 6) is -2.07. The summed E-state index contributed by atoms with van der Waals surface area (Å²) in [5, 5.41) is 9.72. The number of nitrogens with zero attached hydrogens (tertiary/aromatic N) is 5. The van der Waals surface area contributed by atoms with Gasteiger partial charge in [-0.05, 0) is 50.0 Å². The molecule has 1 unspecified atom stereocenters. The minimum absolute atomic E-state index is 0.0237. The van der Waals surface area contributed by atoms with Crippen LogP contribution in [0.5, 0.6) is 0 Å². The minimum Gasteiger partial charge on any atom is -0.465 e. The van der Waals surface area contributed by atoms with Gasteiger partial charge < -0.3 is 24.9 Å². The lowest BCUT2D eigenvalue weighted by molar-refractivity contribution is -0.142. The smallest absolute Gasteiger partial charge is 0.407 e. The van der Waals surface area contributed by atoms with Gasteiger partial charge in [-0.15, -0.1) is 0 Å². The molecule has 7 rings (SSSR count). The number of likely N-dealkylation sites (tertiary alicyclic amines) is 2. The number of nitrogens with one attached hydrogen (secondary N) is 2. The normalized spacial score (nSPS) is 26.7. The number of rotatable bonds is 8. The number of carboxylic acid groups (broad SMARTS) is 1. The van der Waals surface area contributed by atoms with Crippen molar-refractivity contribution in [2.45, 2.75) is 113 Å². The molecule has 2 aliphatic heterocycles. The quantitative estimate of drug-likeness (QED) is 0.209. The van der Waals surface area contributed by atoms with Crippen molar-refractivity contribution in [1.82, 2.24) is 34.6 Å². The van der Waals surface area contributed by atoms with Crippen molar-refractivity contribution in [3.63, 3.8) is 0 Å². The summed E-state index contributed by atoms with van der Waals surface area (Å²) < 4.78 is 28.5. The highest BCUT2D eigenvalue weighted by atomic mass is 19.3. The number of benzene rings is 1. The Hall–Kier alpha value is -4.81. The third kappa shape index (κ3) is 6.56. The van der Waals surface area contributed by atoms with E-state index in [4.69, 9.17) is 9.97 Å². The fourth-order valence-electron chi connectivity index (χ4n) is 9.31. The number of aromatic amines is 2. The molecular weight excluding hydrogens is 680 g/mol. The molecule has 4 aliphatic rings. The van der Waals surface area contributed by atoms with E-state index in [1.54, 1.807) is 9.80 Å². The molecule has 1 saturated carbocycles. The van der Waals surface area contributed by atoms with Crippen LogP contribution in [0.15, 0.2) is 67.0 Å². The Morgan fingerprint density at radius 3 is 2.08 bits per heavy atom. The zero-order valence-electron chi connectivity index (χ0n) is 30.8. The van der Waals surface area contributed by atoms with Crippen molar-refractivity contribution in [2.24, 2.45) is 5.92 Å². The van der Waals surface area contributed by atoms with E-state index < -0.39 is 29.0 Å². The molecule has 4 heterocycles. The van der Waals surface area contributed by atoms with Gasteiger partial charge in [-0.1, -0.05) is 68.5 Å². The second kappa shape index (κ2) is 13.9. The van der Waals surface area contributed by atoms with E-state index in [-0.39, 0.29) is 61.4 Å². The van der Waals surface area contributed by atoms with E-state index in [0.29, 0.717) is 48.8 Å². The van der Waals surface area contributed by atoms with Gasteiger partial charge in [0.1, 0.15) is 17.7 Å². The molecular formula is C40H49F2N7O4. The zero-order chi connectivity index (χ0) is 37.7. The number of halogens is 2. The molecule has 11 nitrogen and oxygen atoms in total. The first kappa shape index (κ1) is 36.5. The van der Waals surface area contributed by atoms with Gasteiger partial charge in [0.15, 0.2) is 0 Å². The van der Waals surface area contributed by atoms with Crippen molar-refractivity contribution >= 4 is 17.9 Å². The van der Waals surface area contributed by atoms with E-state index in [1.807, 2.05) is 44.4 Å². The zero-order valence-corrected chi connectivity index (χ0v) is 30.8. The fraction of sp³-hybridized carbons (Fsp3) is 0.525. The van der Waals surface area contributed by atoms with Crippen LogP contribution in [0.25, 0.3) is 0 Å². The second-order valence-electron chi connectivity index (χ2n) is 15.7. The average Bonchev–Trinajstić information content (AvgIpc) is 3.96. The van der Waals surface area contributed by atoms with Crippen LogP contribution in [0.1, 0.15) is 119 Å². The number of carbonyl (C=O) groups is 3. The van der Waals surface area contributed by atoms with Gasteiger partial charge in [0.2, 0.25) is 17.7 Å². The Labute approximate surface area is 308 Å².